The second-order valence-corrected chi connectivity index (χ2v) is 12.8. The van der Waals surface area contributed by atoms with Gasteiger partial charge in [0, 0.05) is 26.1 Å². The normalized spacial score (nSPS) is 18.6. The predicted molar refractivity (Wildman–Crippen MR) is 168 cm³/mol. The number of hydrogen-bond donors (Lipinski definition) is 4. The Hall–Kier alpha value is -2.36. The van der Waals surface area contributed by atoms with Crippen LogP contribution in [0.5, 0.6) is 0 Å². The third kappa shape index (κ3) is 16.5. The van der Waals surface area contributed by atoms with Gasteiger partial charge in [0.25, 0.3) is 11.8 Å². The molecule has 0 saturated carbocycles. The molecule has 46 heavy (non-hydrogen) atoms. The highest BCUT2D eigenvalue weighted by Gasteiger charge is 2.36. The Kier molecular flexibility index (Phi) is 19.3. The SMILES string of the molecule is COC(=O)CCC(=O)N[N+]1(CC(O)COCCCCCCOCC(O)C[N+]2(NC(=O)CCC(=O)OC)CCCCC2)CCCCC1. The van der Waals surface area contributed by atoms with E-state index < -0.39 is 24.1 Å². The molecule has 2 heterocycles. The van der Waals surface area contributed by atoms with E-state index in [0.29, 0.717) is 35.5 Å². The second kappa shape index (κ2) is 22.3. The van der Waals surface area contributed by atoms with E-state index in [9.17, 15) is 29.4 Å². The van der Waals surface area contributed by atoms with Crippen molar-refractivity contribution in [2.45, 2.75) is 102 Å². The molecule has 14 nitrogen and oxygen atoms in total. The van der Waals surface area contributed by atoms with E-state index in [1.54, 1.807) is 0 Å². The summed E-state index contributed by atoms with van der Waals surface area (Å²) in [6, 6.07) is 0. The number of rotatable bonds is 23. The minimum atomic E-state index is -0.710. The summed E-state index contributed by atoms with van der Waals surface area (Å²) in [5.41, 5.74) is 6.08. The summed E-state index contributed by atoms with van der Waals surface area (Å²) in [5, 5.41) is 21.3. The zero-order valence-corrected chi connectivity index (χ0v) is 28.2. The number of quaternary nitrogens is 2. The smallest absolute Gasteiger partial charge is 0.306 e. The number of carbonyl (C=O) groups is 4. The minimum absolute atomic E-state index is 0.0326. The number of amides is 2. The van der Waals surface area contributed by atoms with Crippen molar-refractivity contribution in [1.29, 1.82) is 0 Å². The van der Waals surface area contributed by atoms with Gasteiger partial charge in [0.15, 0.2) is 0 Å². The standard InChI is InChI=1S/C32H58N4O10/c1-43-31(41)15-13-29(39)33-35(17-7-5-8-18-35)23-27(37)25-45-21-11-3-4-12-22-46-26-28(38)24-36(19-9-6-10-20-36)34-30(40)14-16-32(42)44-2/h27-28,37-38H,3-26H2,1-2H3/p+2. The van der Waals surface area contributed by atoms with E-state index in [2.05, 4.69) is 20.3 Å². The molecule has 2 amide bonds. The molecule has 0 aromatic heterocycles. The highest BCUT2D eigenvalue weighted by atomic mass is 16.5. The average molecular weight is 661 g/mol. The van der Waals surface area contributed by atoms with Gasteiger partial charge in [-0.15, -0.1) is 0 Å². The number of nitrogens with zero attached hydrogens (tertiary/aromatic N) is 2. The molecule has 14 heteroatoms. The molecule has 0 bridgehead atoms. The minimum Gasteiger partial charge on any atom is -0.469 e. The largest absolute Gasteiger partial charge is 0.469 e. The van der Waals surface area contributed by atoms with Crippen molar-refractivity contribution in [2.24, 2.45) is 0 Å². The van der Waals surface area contributed by atoms with Gasteiger partial charge in [-0.2, -0.15) is 0 Å². The van der Waals surface area contributed by atoms with Crippen molar-refractivity contribution in [2.75, 3.05) is 79.9 Å². The highest BCUT2D eigenvalue weighted by Crippen LogP contribution is 2.19. The van der Waals surface area contributed by atoms with Gasteiger partial charge in [-0.25, -0.2) is 20.0 Å². The van der Waals surface area contributed by atoms with E-state index in [-0.39, 0.29) is 50.7 Å². The predicted octanol–water partition coefficient (Wildman–Crippen LogP) is 1.27. The first-order valence-corrected chi connectivity index (χ1v) is 17.1. The first kappa shape index (κ1) is 39.8. The van der Waals surface area contributed by atoms with Crippen molar-refractivity contribution in [3.8, 4) is 0 Å². The first-order valence-electron chi connectivity index (χ1n) is 17.1. The molecule has 0 aromatic rings. The van der Waals surface area contributed by atoms with Crippen molar-refractivity contribution in [1.82, 2.24) is 10.9 Å². The van der Waals surface area contributed by atoms with Crippen LogP contribution in [0.15, 0.2) is 0 Å². The Morgan fingerprint density at radius 2 is 0.957 bits per heavy atom. The van der Waals surface area contributed by atoms with Gasteiger partial charge in [0.1, 0.15) is 51.5 Å². The first-order chi connectivity index (χ1) is 22.1. The molecule has 4 N–H and O–H groups in total. The zero-order chi connectivity index (χ0) is 33.7. The van der Waals surface area contributed by atoms with Crippen LogP contribution in [0.25, 0.3) is 0 Å². The number of esters is 2. The number of aliphatic hydroxyl groups excluding tert-OH is 2. The Morgan fingerprint density at radius 1 is 0.587 bits per heavy atom. The maximum Gasteiger partial charge on any atom is 0.306 e. The number of piperidine rings is 2. The monoisotopic (exact) mass is 660 g/mol. The summed E-state index contributed by atoms with van der Waals surface area (Å²) in [7, 11) is 2.60. The summed E-state index contributed by atoms with van der Waals surface area (Å²) in [5.74, 6) is -1.28. The lowest BCUT2D eigenvalue weighted by Crippen LogP contribution is -2.65. The topological polar surface area (TPSA) is 170 Å². The Bertz CT molecular complexity index is 837. The third-order valence-electron chi connectivity index (χ3n) is 8.70. The number of likely N-dealkylation sites (tertiary alicyclic amines) is 2. The number of ether oxygens (including phenoxy) is 4. The molecule has 2 aliphatic rings. The van der Waals surface area contributed by atoms with Crippen LogP contribution in [-0.4, -0.2) is 135 Å². The molecule has 2 unspecified atom stereocenters. The summed E-state index contributed by atoms with van der Waals surface area (Å²) < 4.78 is 21.3. The Morgan fingerprint density at radius 3 is 1.30 bits per heavy atom. The summed E-state index contributed by atoms with van der Waals surface area (Å²) >= 11 is 0. The number of nitrogens with one attached hydrogen (secondary N) is 2. The second-order valence-electron chi connectivity index (χ2n) is 12.8. The van der Waals surface area contributed by atoms with E-state index in [0.717, 1.165) is 90.4 Å². The number of methoxy groups -OCH3 is 2. The Balaban J connectivity index is 1.56. The fourth-order valence-electron chi connectivity index (χ4n) is 6.30. The van der Waals surface area contributed by atoms with Crippen molar-refractivity contribution >= 4 is 23.8 Å². The summed E-state index contributed by atoms with van der Waals surface area (Å²) in [4.78, 5) is 47.7. The molecular formula is C32H60N4O10+2. The number of unbranched alkanes of at least 4 members (excludes halogenated alkanes) is 3. The van der Waals surface area contributed by atoms with Gasteiger partial charge >= 0.3 is 11.9 Å². The molecule has 2 fully saturated rings. The van der Waals surface area contributed by atoms with E-state index >= 15 is 0 Å². The van der Waals surface area contributed by atoms with E-state index in [4.69, 9.17) is 9.47 Å². The fraction of sp³-hybridized carbons (Fsp3) is 0.875. The van der Waals surface area contributed by atoms with Crippen LogP contribution in [-0.2, 0) is 38.1 Å². The van der Waals surface area contributed by atoms with Crippen LogP contribution in [0.2, 0.25) is 0 Å². The van der Waals surface area contributed by atoms with Crippen LogP contribution < -0.4 is 10.9 Å². The van der Waals surface area contributed by atoms with Gasteiger partial charge in [0.2, 0.25) is 0 Å². The molecular weight excluding hydrogens is 600 g/mol. The zero-order valence-electron chi connectivity index (χ0n) is 28.2. The van der Waals surface area contributed by atoms with Crippen LogP contribution in [0, 0.1) is 0 Å². The van der Waals surface area contributed by atoms with Crippen LogP contribution in [0.3, 0.4) is 0 Å². The van der Waals surface area contributed by atoms with Crippen LogP contribution in [0.1, 0.15) is 89.9 Å². The van der Waals surface area contributed by atoms with Gasteiger partial charge in [-0.05, 0) is 51.4 Å². The fourth-order valence-corrected chi connectivity index (χ4v) is 6.30. The molecule has 2 atom stereocenters. The van der Waals surface area contributed by atoms with Crippen molar-refractivity contribution in [3.63, 3.8) is 0 Å². The molecule has 266 valence electrons. The molecule has 2 rings (SSSR count). The highest BCUT2D eigenvalue weighted by molar-refractivity contribution is 5.81. The maximum atomic E-state index is 12.5. The number of hydrogen-bond acceptors (Lipinski definition) is 10. The molecule has 2 saturated heterocycles. The Labute approximate surface area is 274 Å². The number of aliphatic hydroxyl groups is 2. The van der Waals surface area contributed by atoms with Crippen LogP contribution in [0.4, 0.5) is 0 Å². The number of carbonyl (C=O) groups excluding carboxylic acids is 4. The quantitative estimate of drug-likeness (QED) is 0.0712. The van der Waals surface area contributed by atoms with Crippen LogP contribution >= 0.6 is 0 Å². The van der Waals surface area contributed by atoms with Gasteiger partial charge in [-0.3, -0.25) is 19.2 Å². The summed E-state index contributed by atoms with van der Waals surface area (Å²) in [6.07, 6.45) is 8.43. The molecule has 0 radical (unpaired) electrons. The summed E-state index contributed by atoms with van der Waals surface area (Å²) in [6.45, 7) is 5.19. The molecule has 0 spiro atoms. The molecule has 2 aliphatic heterocycles. The van der Waals surface area contributed by atoms with E-state index in [1.165, 1.54) is 14.2 Å². The lowest BCUT2D eigenvalue weighted by Gasteiger charge is -2.41. The van der Waals surface area contributed by atoms with Gasteiger partial charge < -0.3 is 29.2 Å². The molecule has 0 aliphatic carbocycles. The average Bonchev–Trinajstić information content (AvgIpc) is 3.03. The third-order valence-corrected chi connectivity index (χ3v) is 8.70. The maximum absolute atomic E-state index is 12.5. The lowest BCUT2D eigenvalue weighted by molar-refractivity contribution is -0.967. The lowest BCUT2D eigenvalue weighted by atomic mass is 10.1. The van der Waals surface area contributed by atoms with E-state index in [1.807, 2.05) is 0 Å². The van der Waals surface area contributed by atoms with Crippen molar-refractivity contribution in [3.05, 3.63) is 0 Å². The van der Waals surface area contributed by atoms with Crippen molar-refractivity contribution < 1.29 is 57.5 Å². The van der Waals surface area contributed by atoms with Gasteiger partial charge in [0.05, 0.1) is 40.3 Å². The van der Waals surface area contributed by atoms with Gasteiger partial charge in [-0.1, -0.05) is 12.8 Å². The molecule has 0 aromatic carbocycles.